The van der Waals surface area contributed by atoms with Crippen LogP contribution in [0.4, 0.5) is 0 Å². The molecular weight excluding hydrogens is 378 g/mol. The minimum atomic E-state index is -1.19. The van der Waals surface area contributed by atoms with Crippen molar-refractivity contribution in [2.45, 2.75) is 12.5 Å². The van der Waals surface area contributed by atoms with E-state index in [1.165, 1.54) is 18.4 Å². The Morgan fingerprint density at radius 3 is 2.41 bits per heavy atom. The third-order valence-corrected chi connectivity index (χ3v) is 3.72. The molecule has 0 bridgehead atoms. The number of carboxylic acid groups (broad SMARTS) is 1. The lowest BCUT2D eigenvalue weighted by atomic mass is 10.1. The predicted octanol–water partition coefficient (Wildman–Crippen LogP) is 0.337. The molecule has 9 nitrogen and oxygen atoms in total. The largest absolute Gasteiger partial charge is 0.480 e. The molecule has 2 rings (SSSR count). The number of hydrogen-bond acceptors (Lipinski definition) is 5. The topological polar surface area (TPSA) is 138 Å². The Kier molecular flexibility index (Phi) is 8.18. The Bertz CT molecular complexity index is 862. The zero-order valence-corrected chi connectivity index (χ0v) is 15.5. The summed E-state index contributed by atoms with van der Waals surface area (Å²) >= 11 is 0. The summed E-state index contributed by atoms with van der Waals surface area (Å²) in [7, 11) is 0. The van der Waals surface area contributed by atoms with E-state index >= 15 is 0 Å². The molecule has 0 spiro atoms. The lowest BCUT2D eigenvalue weighted by Crippen LogP contribution is -2.50. The Labute approximate surface area is 166 Å². The molecule has 0 radical (unpaired) electrons. The van der Waals surface area contributed by atoms with Crippen molar-refractivity contribution in [3.8, 4) is 0 Å². The van der Waals surface area contributed by atoms with Crippen LogP contribution in [-0.2, 0) is 25.6 Å². The average molecular weight is 399 g/mol. The summed E-state index contributed by atoms with van der Waals surface area (Å²) in [6, 6.07) is 11.5. The third-order valence-electron chi connectivity index (χ3n) is 3.72. The first kappa shape index (κ1) is 21.4. The highest BCUT2D eigenvalue weighted by atomic mass is 16.4. The highest BCUT2D eigenvalue weighted by molar-refractivity contribution is 5.96. The van der Waals surface area contributed by atoms with Crippen molar-refractivity contribution in [1.82, 2.24) is 16.0 Å². The van der Waals surface area contributed by atoms with Crippen LogP contribution in [0, 0.1) is 0 Å². The Morgan fingerprint density at radius 2 is 1.76 bits per heavy atom. The molecule has 29 heavy (non-hydrogen) atoms. The number of benzene rings is 1. The van der Waals surface area contributed by atoms with Gasteiger partial charge in [0.1, 0.15) is 18.3 Å². The van der Waals surface area contributed by atoms with E-state index in [0.29, 0.717) is 5.76 Å². The molecule has 1 aromatic heterocycles. The summed E-state index contributed by atoms with van der Waals surface area (Å²) in [5, 5.41) is 15.7. The maximum absolute atomic E-state index is 12.5. The van der Waals surface area contributed by atoms with Crippen molar-refractivity contribution in [2.24, 2.45) is 0 Å². The molecule has 0 fully saturated rings. The average Bonchev–Trinajstić information content (AvgIpc) is 3.23. The van der Waals surface area contributed by atoms with Gasteiger partial charge < -0.3 is 25.5 Å². The van der Waals surface area contributed by atoms with Gasteiger partial charge >= 0.3 is 5.97 Å². The van der Waals surface area contributed by atoms with Crippen LogP contribution in [0.2, 0.25) is 0 Å². The minimum absolute atomic E-state index is 0.212. The van der Waals surface area contributed by atoms with E-state index in [4.69, 9.17) is 9.52 Å². The number of carbonyl (C=O) groups excluding carboxylic acids is 3. The predicted molar refractivity (Wildman–Crippen MR) is 103 cm³/mol. The van der Waals surface area contributed by atoms with Crippen molar-refractivity contribution in [3.05, 3.63) is 66.1 Å². The van der Waals surface area contributed by atoms with E-state index in [1.807, 2.05) is 30.3 Å². The van der Waals surface area contributed by atoms with Gasteiger partial charge in [0, 0.05) is 12.5 Å². The molecule has 0 aliphatic rings. The lowest BCUT2D eigenvalue weighted by molar-refractivity contribution is -0.137. The summed E-state index contributed by atoms with van der Waals surface area (Å²) in [5.41, 5.74) is 0.818. The number of furan rings is 1. The van der Waals surface area contributed by atoms with Gasteiger partial charge in [-0.1, -0.05) is 30.3 Å². The molecule has 4 N–H and O–H groups in total. The van der Waals surface area contributed by atoms with E-state index in [9.17, 15) is 19.2 Å². The SMILES string of the molecule is O=C(O)CNC(=O)CNC(=O)C(Cc1ccccc1)NC(=O)C=Cc1ccco1. The summed E-state index contributed by atoms with van der Waals surface area (Å²) in [4.78, 5) is 46.7. The van der Waals surface area contributed by atoms with E-state index in [1.54, 1.807) is 12.1 Å². The molecule has 0 aliphatic carbocycles. The second kappa shape index (κ2) is 11.1. The third kappa shape index (κ3) is 8.12. The molecule has 3 amide bonds. The van der Waals surface area contributed by atoms with Gasteiger partial charge in [0.05, 0.1) is 12.8 Å². The van der Waals surface area contributed by atoms with Crippen LogP contribution in [0.5, 0.6) is 0 Å². The van der Waals surface area contributed by atoms with Crippen molar-refractivity contribution in [2.75, 3.05) is 13.1 Å². The fourth-order valence-corrected chi connectivity index (χ4v) is 2.35. The fourth-order valence-electron chi connectivity index (χ4n) is 2.35. The van der Waals surface area contributed by atoms with Gasteiger partial charge in [-0.05, 0) is 23.8 Å². The normalized spacial score (nSPS) is 11.6. The second-order valence-corrected chi connectivity index (χ2v) is 5.99. The smallest absolute Gasteiger partial charge is 0.322 e. The number of amides is 3. The van der Waals surface area contributed by atoms with E-state index in [2.05, 4.69) is 16.0 Å². The van der Waals surface area contributed by atoms with Crippen molar-refractivity contribution in [1.29, 1.82) is 0 Å². The lowest BCUT2D eigenvalue weighted by Gasteiger charge is -2.17. The number of hydrogen-bond donors (Lipinski definition) is 4. The quantitative estimate of drug-likeness (QED) is 0.425. The Hall–Kier alpha value is -3.88. The van der Waals surface area contributed by atoms with Gasteiger partial charge in [0.15, 0.2) is 0 Å². The van der Waals surface area contributed by atoms with Crippen LogP contribution >= 0.6 is 0 Å². The van der Waals surface area contributed by atoms with Gasteiger partial charge in [0.2, 0.25) is 17.7 Å². The Morgan fingerprint density at radius 1 is 1.00 bits per heavy atom. The molecule has 1 atom stereocenters. The van der Waals surface area contributed by atoms with Crippen LogP contribution in [0.25, 0.3) is 6.08 Å². The Balaban J connectivity index is 1.97. The first-order chi connectivity index (χ1) is 13.9. The molecular formula is C20H21N3O6. The zero-order chi connectivity index (χ0) is 21.1. The molecule has 1 heterocycles. The van der Waals surface area contributed by atoms with Crippen LogP contribution < -0.4 is 16.0 Å². The standard InChI is InChI=1S/C20H21N3O6/c24-17(9-8-15-7-4-10-29-15)23-16(11-14-5-2-1-3-6-14)20(28)22-12-18(25)21-13-19(26)27/h1-10,16H,11-13H2,(H,21,25)(H,22,28)(H,23,24)(H,26,27). The van der Waals surface area contributed by atoms with Gasteiger partial charge in [0.25, 0.3) is 0 Å². The molecule has 1 aromatic carbocycles. The van der Waals surface area contributed by atoms with Gasteiger partial charge in [-0.3, -0.25) is 19.2 Å². The van der Waals surface area contributed by atoms with Crippen LogP contribution in [-0.4, -0.2) is 47.9 Å². The molecule has 0 aliphatic heterocycles. The first-order valence-corrected chi connectivity index (χ1v) is 8.76. The van der Waals surface area contributed by atoms with Crippen molar-refractivity contribution < 1.29 is 28.7 Å². The summed E-state index contributed by atoms with van der Waals surface area (Å²) in [6.07, 6.45) is 4.39. The minimum Gasteiger partial charge on any atom is -0.480 e. The van der Waals surface area contributed by atoms with Crippen LogP contribution in [0.1, 0.15) is 11.3 Å². The van der Waals surface area contributed by atoms with Gasteiger partial charge in [-0.2, -0.15) is 0 Å². The van der Waals surface area contributed by atoms with Crippen LogP contribution in [0.15, 0.2) is 59.2 Å². The van der Waals surface area contributed by atoms with Crippen molar-refractivity contribution >= 4 is 29.8 Å². The maximum atomic E-state index is 12.5. The van der Waals surface area contributed by atoms with Crippen molar-refractivity contribution in [3.63, 3.8) is 0 Å². The molecule has 0 saturated carbocycles. The highest BCUT2D eigenvalue weighted by Gasteiger charge is 2.21. The van der Waals surface area contributed by atoms with Crippen LogP contribution in [0.3, 0.4) is 0 Å². The summed E-state index contributed by atoms with van der Waals surface area (Å²) < 4.78 is 5.10. The van der Waals surface area contributed by atoms with Gasteiger partial charge in [-0.25, -0.2) is 0 Å². The molecule has 0 saturated heterocycles. The maximum Gasteiger partial charge on any atom is 0.322 e. The monoisotopic (exact) mass is 399 g/mol. The van der Waals surface area contributed by atoms with E-state index in [0.717, 1.165) is 5.56 Å². The van der Waals surface area contributed by atoms with E-state index < -0.39 is 42.8 Å². The first-order valence-electron chi connectivity index (χ1n) is 8.76. The number of aliphatic carboxylic acids is 1. The fraction of sp³-hybridized carbons (Fsp3) is 0.200. The summed E-state index contributed by atoms with van der Waals surface area (Å²) in [6.45, 7) is -0.952. The molecule has 1 unspecified atom stereocenters. The highest BCUT2D eigenvalue weighted by Crippen LogP contribution is 2.05. The zero-order valence-electron chi connectivity index (χ0n) is 15.5. The number of carboxylic acids is 1. The van der Waals surface area contributed by atoms with Gasteiger partial charge in [-0.15, -0.1) is 0 Å². The molecule has 2 aromatic rings. The second-order valence-electron chi connectivity index (χ2n) is 5.99. The number of carbonyl (C=O) groups is 4. The van der Waals surface area contributed by atoms with E-state index in [-0.39, 0.29) is 6.42 Å². The molecule has 152 valence electrons. The summed E-state index contributed by atoms with van der Waals surface area (Å²) in [5.74, 6) is -2.43. The number of rotatable bonds is 10. The molecule has 9 heteroatoms. The number of nitrogens with one attached hydrogen (secondary N) is 3.